The first-order valence-electron chi connectivity index (χ1n) is 9.95. The molecule has 0 radical (unpaired) electrons. The highest BCUT2D eigenvalue weighted by molar-refractivity contribution is 7.50. The van der Waals surface area contributed by atoms with Crippen LogP contribution in [-0.2, 0) is 23.4 Å². The molecular weight excluding hydrogens is 447 g/mol. The van der Waals surface area contributed by atoms with Crippen LogP contribution in [0.15, 0.2) is 10.2 Å². The summed E-state index contributed by atoms with van der Waals surface area (Å²) in [4.78, 5) is 41.2. The third kappa shape index (κ3) is 5.71. The van der Waals surface area contributed by atoms with E-state index < -0.39 is 19.8 Å². The quantitative estimate of drug-likeness (QED) is 0.312. The Morgan fingerprint density at radius 2 is 2.32 bits per heavy atom. The zero-order chi connectivity index (χ0) is 22.8. The number of aromatic nitrogens is 2. The van der Waals surface area contributed by atoms with Crippen LogP contribution in [0.2, 0.25) is 0 Å². The van der Waals surface area contributed by atoms with E-state index in [-0.39, 0.29) is 42.8 Å². The maximum absolute atomic E-state index is 12.2. The summed E-state index contributed by atoms with van der Waals surface area (Å²) in [7, 11) is -4.17. The maximum atomic E-state index is 12.2. The van der Waals surface area contributed by atoms with Gasteiger partial charge in [-0.2, -0.15) is 0 Å². The Kier molecular flexibility index (Phi) is 7.51. The Labute approximate surface area is 182 Å². The zero-order valence-electron chi connectivity index (χ0n) is 17.5. The van der Waals surface area contributed by atoms with E-state index in [2.05, 4.69) is 15.1 Å². The standard InChI is InChI=1S/C18H27N4O7PS/c1-4-27-17(24)10(3)22-30(25,26)28-6-5-11-7-9(2)14(29-11)15-13-12(8-31-15)16(23)21-18(19)20-13/h8-11,14H,4-7H2,1-3H3,(H2,22,25,26)(H3,19,20,21,23). The molecule has 0 spiro atoms. The summed E-state index contributed by atoms with van der Waals surface area (Å²) in [6.07, 6.45) is 0.650. The molecule has 3 heterocycles. The Morgan fingerprint density at radius 1 is 1.58 bits per heavy atom. The van der Waals surface area contributed by atoms with Crippen molar-refractivity contribution in [1.82, 2.24) is 15.1 Å². The second kappa shape index (κ2) is 9.76. The minimum Gasteiger partial charge on any atom is -0.465 e. The summed E-state index contributed by atoms with van der Waals surface area (Å²) in [6.45, 7) is 5.25. The molecule has 13 heteroatoms. The number of carbonyl (C=O) groups is 1. The van der Waals surface area contributed by atoms with Crippen molar-refractivity contribution in [2.45, 2.75) is 51.9 Å². The number of H-pyrrole nitrogens is 1. The summed E-state index contributed by atoms with van der Waals surface area (Å²) >= 11 is 1.40. The summed E-state index contributed by atoms with van der Waals surface area (Å²) < 4.78 is 28.2. The van der Waals surface area contributed by atoms with E-state index in [1.54, 1.807) is 12.3 Å². The molecule has 1 aliphatic rings. The fourth-order valence-corrected chi connectivity index (χ4v) is 5.70. The number of nitrogens with two attached hydrogens (primary N) is 1. The molecule has 5 unspecified atom stereocenters. The molecular formula is C18H27N4O7PS. The highest BCUT2D eigenvalue weighted by Crippen LogP contribution is 2.44. The van der Waals surface area contributed by atoms with Crippen molar-refractivity contribution in [3.63, 3.8) is 0 Å². The summed E-state index contributed by atoms with van der Waals surface area (Å²) in [5, 5.41) is 4.47. The second-order valence-electron chi connectivity index (χ2n) is 7.45. The highest BCUT2D eigenvalue weighted by Gasteiger charge is 2.36. The van der Waals surface area contributed by atoms with Crippen LogP contribution in [-0.4, -0.2) is 46.2 Å². The van der Waals surface area contributed by atoms with Crippen molar-refractivity contribution in [1.29, 1.82) is 0 Å². The number of hydrogen-bond acceptors (Lipinski definition) is 9. The number of thiophene rings is 1. The molecule has 1 saturated heterocycles. The minimum atomic E-state index is -4.17. The fourth-order valence-electron chi connectivity index (χ4n) is 3.53. The summed E-state index contributed by atoms with van der Waals surface area (Å²) in [5.74, 6) is -0.430. The SMILES string of the molecule is CCOC(=O)C(C)NP(=O)(O)OCCC1CC(C)C(c2scc3c(=O)[nH]c(N)nc23)O1. The number of aromatic amines is 1. The topological polar surface area (TPSA) is 166 Å². The Balaban J connectivity index is 1.57. The van der Waals surface area contributed by atoms with E-state index in [4.69, 9.17) is 19.7 Å². The van der Waals surface area contributed by atoms with E-state index >= 15 is 0 Å². The number of rotatable bonds is 9. The Bertz CT molecular complexity index is 1040. The van der Waals surface area contributed by atoms with Gasteiger partial charge in [-0.25, -0.2) is 14.6 Å². The lowest BCUT2D eigenvalue weighted by Gasteiger charge is -2.18. The number of nitrogens with zero attached hydrogens (tertiary/aromatic N) is 1. The molecule has 0 bridgehead atoms. The first-order chi connectivity index (χ1) is 14.6. The minimum absolute atomic E-state index is 0.0313. The van der Waals surface area contributed by atoms with Crippen LogP contribution in [0, 0.1) is 5.92 Å². The van der Waals surface area contributed by atoms with Crippen molar-refractivity contribution < 1.29 is 28.3 Å². The number of anilines is 1. The van der Waals surface area contributed by atoms with Gasteiger partial charge in [-0.1, -0.05) is 6.92 Å². The molecule has 0 aliphatic carbocycles. The Morgan fingerprint density at radius 3 is 3.03 bits per heavy atom. The predicted octanol–water partition coefficient (Wildman–Crippen LogP) is 2.08. The average molecular weight is 474 g/mol. The van der Waals surface area contributed by atoms with Crippen LogP contribution in [0.4, 0.5) is 5.95 Å². The number of fused-ring (bicyclic) bond motifs is 1. The van der Waals surface area contributed by atoms with Gasteiger partial charge in [-0.3, -0.25) is 19.1 Å². The van der Waals surface area contributed by atoms with E-state index in [1.807, 2.05) is 6.92 Å². The van der Waals surface area contributed by atoms with Gasteiger partial charge in [0.15, 0.2) is 0 Å². The van der Waals surface area contributed by atoms with Crippen molar-refractivity contribution in [2.75, 3.05) is 18.9 Å². The van der Waals surface area contributed by atoms with Gasteiger partial charge in [0.25, 0.3) is 5.56 Å². The molecule has 2 aromatic heterocycles. The van der Waals surface area contributed by atoms with Gasteiger partial charge in [0.2, 0.25) is 5.95 Å². The van der Waals surface area contributed by atoms with Gasteiger partial charge in [0.05, 0.1) is 41.2 Å². The van der Waals surface area contributed by atoms with Crippen LogP contribution in [0.25, 0.3) is 10.9 Å². The monoisotopic (exact) mass is 474 g/mol. The number of carbonyl (C=O) groups excluding carboxylic acids is 1. The average Bonchev–Trinajstić information content (AvgIpc) is 3.24. The molecule has 5 N–H and O–H groups in total. The molecule has 11 nitrogen and oxygen atoms in total. The Hall–Kier alpha value is -1.82. The lowest BCUT2D eigenvalue weighted by molar-refractivity contribution is -0.144. The fraction of sp³-hybridized carbons (Fsp3) is 0.611. The van der Waals surface area contributed by atoms with Crippen LogP contribution >= 0.6 is 19.1 Å². The lowest BCUT2D eigenvalue weighted by Crippen LogP contribution is -2.33. The molecule has 1 aliphatic heterocycles. The van der Waals surface area contributed by atoms with Crippen molar-refractivity contribution >= 4 is 41.9 Å². The first-order valence-corrected chi connectivity index (χ1v) is 12.4. The van der Waals surface area contributed by atoms with E-state index in [1.165, 1.54) is 18.3 Å². The number of nitrogen functional groups attached to an aromatic ring is 1. The van der Waals surface area contributed by atoms with Crippen LogP contribution < -0.4 is 16.4 Å². The first kappa shape index (κ1) is 23.8. The molecule has 31 heavy (non-hydrogen) atoms. The normalized spacial score (nSPS) is 24.2. The number of esters is 1. The van der Waals surface area contributed by atoms with Gasteiger partial charge < -0.3 is 20.1 Å². The highest BCUT2D eigenvalue weighted by atomic mass is 32.1. The molecule has 172 valence electrons. The molecule has 0 amide bonds. The molecule has 5 atom stereocenters. The predicted molar refractivity (Wildman–Crippen MR) is 116 cm³/mol. The van der Waals surface area contributed by atoms with Crippen LogP contribution in [0.1, 0.15) is 44.6 Å². The molecule has 2 aromatic rings. The smallest absolute Gasteiger partial charge is 0.403 e. The van der Waals surface area contributed by atoms with Crippen LogP contribution in [0.3, 0.4) is 0 Å². The molecule has 3 rings (SSSR count). The number of nitrogens with one attached hydrogen (secondary N) is 2. The van der Waals surface area contributed by atoms with Crippen molar-refractivity contribution in [3.8, 4) is 0 Å². The number of hydrogen-bond donors (Lipinski definition) is 4. The number of ether oxygens (including phenoxy) is 2. The summed E-state index contributed by atoms with van der Waals surface area (Å²) in [5.41, 5.74) is 5.94. The molecule has 1 fully saturated rings. The van der Waals surface area contributed by atoms with Gasteiger partial charge in [0, 0.05) is 5.38 Å². The van der Waals surface area contributed by atoms with Gasteiger partial charge in [-0.05, 0) is 32.6 Å². The van der Waals surface area contributed by atoms with Gasteiger partial charge in [-0.15, -0.1) is 11.3 Å². The van der Waals surface area contributed by atoms with Crippen molar-refractivity contribution in [3.05, 3.63) is 20.6 Å². The second-order valence-corrected chi connectivity index (χ2v) is 9.92. The third-order valence-electron chi connectivity index (χ3n) is 4.96. The van der Waals surface area contributed by atoms with E-state index in [0.717, 1.165) is 4.88 Å². The maximum Gasteiger partial charge on any atom is 0.403 e. The molecule has 0 saturated carbocycles. The van der Waals surface area contributed by atoms with E-state index in [0.29, 0.717) is 23.7 Å². The third-order valence-corrected chi connectivity index (χ3v) is 7.24. The van der Waals surface area contributed by atoms with E-state index in [9.17, 15) is 19.0 Å². The lowest BCUT2D eigenvalue weighted by atomic mass is 9.99. The molecule has 0 aromatic carbocycles. The van der Waals surface area contributed by atoms with Crippen molar-refractivity contribution in [2.24, 2.45) is 5.92 Å². The van der Waals surface area contributed by atoms with Crippen LogP contribution in [0.5, 0.6) is 0 Å². The summed E-state index contributed by atoms with van der Waals surface area (Å²) in [6, 6.07) is -0.974. The van der Waals surface area contributed by atoms with Gasteiger partial charge in [0.1, 0.15) is 6.04 Å². The van der Waals surface area contributed by atoms with Gasteiger partial charge >= 0.3 is 13.7 Å². The largest absolute Gasteiger partial charge is 0.465 e. The zero-order valence-corrected chi connectivity index (χ0v) is 19.2.